The van der Waals surface area contributed by atoms with E-state index < -0.39 is 56.0 Å². The molecule has 15 heteroatoms. The molecule has 0 bridgehead atoms. The molecule has 12 nitrogen and oxygen atoms in total. The fourth-order valence-corrected chi connectivity index (χ4v) is 2.34. The van der Waals surface area contributed by atoms with Gasteiger partial charge in [-0.1, -0.05) is 24.3 Å². The molecule has 0 saturated heterocycles. The first-order valence-electron chi connectivity index (χ1n) is 9.74. The van der Waals surface area contributed by atoms with Crippen LogP contribution >= 0.6 is 0 Å². The number of carbonyl (C=O) groups excluding carboxylic acids is 2. The number of fused-ring (bicyclic) bond motifs is 2. The fraction of sp³-hybridized carbons (Fsp3) is 0.182. The van der Waals surface area contributed by atoms with Crippen molar-refractivity contribution >= 4 is 55.6 Å². The van der Waals surface area contributed by atoms with Crippen LogP contribution in [0.5, 0.6) is 0 Å². The van der Waals surface area contributed by atoms with Gasteiger partial charge in [-0.2, -0.15) is 0 Å². The maximum Gasteiger partial charge on any atom is 2.00 e. The minimum absolute atomic E-state index is 0. The molecule has 0 amide bonds. The second-order valence-electron chi connectivity index (χ2n) is 6.92. The Bertz CT molecular complexity index is 1420. The average molecular weight is 598 g/mol. The molecule has 0 atom stereocenters. The van der Waals surface area contributed by atoms with E-state index in [-0.39, 0.29) is 17.1 Å². The van der Waals surface area contributed by atoms with Gasteiger partial charge in [0.1, 0.15) is 0 Å². The Balaban J connectivity index is 0.000000535. The summed E-state index contributed by atoms with van der Waals surface area (Å²) < 4.78 is 19.1. The normalized spacial score (nSPS) is 9.68. The quantitative estimate of drug-likeness (QED) is 0.257. The zero-order valence-corrected chi connectivity index (χ0v) is 22.5. The Morgan fingerprint density at radius 2 is 0.946 bits per heavy atom. The van der Waals surface area contributed by atoms with Crippen LogP contribution in [0.3, 0.4) is 0 Å². The van der Waals surface area contributed by atoms with Gasteiger partial charge in [-0.15, -0.1) is 0 Å². The van der Waals surface area contributed by atoms with Crippen molar-refractivity contribution in [2.75, 3.05) is 25.0 Å². The largest absolute Gasteiger partial charge is 2.00 e. The molecule has 0 saturated carbocycles. The number of hydrogen-bond acceptors (Lipinski definition) is 10. The molecular formula is C22H22CuN4O8S2. The summed E-state index contributed by atoms with van der Waals surface area (Å²) >= 11 is 0. The van der Waals surface area contributed by atoms with Gasteiger partial charge in [-0.3, -0.25) is 18.0 Å². The van der Waals surface area contributed by atoms with E-state index in [1.165, 1.54) is 0 Å². The van der Waals surface area contributed by atoms with Crippen LogP contribution in [0.15, 0.2) is 58.1 Å². The van der Waals surface area contributed by atoms with Gasteiger partial charge in [-0.25, -0.2) is 9.97 Å². The van der Waals surface area contributed by atoms with Crippen LogP contribution in [0.1, 0.15) is 21.0 Å². The summed E-state index contributed by atoms with van der Waals surface area (Å²) in [5, 5.41) is 20.9. The number of carboxylic acids is 2. The number of carboxylic acid groups (broad SMARTS) is 2. The van der Waals surface area contributed by atoms with E-state index in [9.17, 15) is 37.8 Å². The molecule has 2 heterocycles. The van der Waals surface area contributed by atoms with Crippen molar-refractivity contribution in [3.05, 3.63) is 80.6 Å². The Hall–Kier alpha value is -3.52. The number of rotatable bonds is 2. The summed E-state index contributed by atoms with van der Waals surface area (Å²) in [7, 11) is -1.22. The van der Waals surface area contributed by atoms with E-state index in [1.807, 2.05) is 0 Å². The van der Waals surface area contributed by atoms with E-state index in [4.69, 9.17) is 0 Å². The third-order valence-corrected chi connectivity index (χ3v) is 3.59. The minimum Gasteiger partial charge on any atom is -0.543 e. The second kappa shape index (κ2) is 16.3. The Morgan fingerprint density at radius 3 is 1.22 bits per heavy atom. The van der Waals surface area contributed by atoms with E-state index in [1.54, 1.807) is 73.6 Å². The first-order valence-corrected chi connectivity index (χ1v) is 13.7. The Morgan fingerprint density at radius 1 is 0.676 bits per heavy atom. The summed E-state index contributed by atoms with van der Waals surface area (Å²) in [5.74, 6) is -3.14. The number of aromatic carboxylic acids is 2. The average Bonchev–Trinajstić information content (AvgIpc) is 2.77. The van der Waals surface area contributed by atoms with Crippen LogP contribution in [-0.2, 0) is 38.7 Å². The van der Waals surface area contributed by atoms with Crippen molar-refractivity contribution in [2.24, 2.45) is 0 Å². The Labute approximate surface area is 226 Å². The van der Waals surface area contributed by atoms with Gasteiger partial charge in [0.25, 0.3) is 11.1 Å². The first-order chi connectivity index (χ1) is 16.8. The van der Waals surface area contributed by atoms with Crippen LogP contribution < -0.4 is 21.3 Å². The van der Waals surface area contributed by atoms with Gasteiger partial charge in [-0.05, 0) is 24.3 Å². The predicted octanol–water partition coefficient (Wildman–Crippen LogP) is -1.44. The summed E-state index contributed by atoms with van der Waals surface area (Å²) in [6.07, 6.45) is 6.56. The summed E-state index contributed by atoms with van der Waals surface area (Å²) in [5.41, 5.74) is -0.831. The summed E-state index contributed by atoms with van der Waals surface area (Å²) in [4.78, 5) is 55.4. The topological polar surface area (TPSA) is 206 Å². The number of nitrogens with zero attached hydrogens (tertiary/aromatic N) is 2. The van der Waals surface area contributed by atoms with Gasteiger partial charge < -0.3 is 29.8 Å². The molecule has 0 fully saturated rings. The number of benzene rings is 2. The fourth-order valence-electron chi connectivity index (χ4n) is 2.34. The van der Waals surface area contributed by atoms with E-state index in [2.05, 4.69) is 19.9 Å². The molecule has 0 aliphatic carbocycles. The minimum atomic E-state index is -1.57. The molecule has 4 rings (SSSR count). The van der Waals surface area contributed by atoms with Crippen LogP contribution in [-0.4, -0.2) is 65.3 Å². The molecule has 2 aromatic carbocycles. The molecule has 0 aliphatic heterocycles. The molecule has 201 valence electrons. The van der Waals surface area contributed by atoms with Gasteiger partial charge >= 0.3 is 17.1 Å². The molecule has 0 aliphatic rings. The number of carbonyl (C=O) groups is 2. The van der Waals surface area contributed by atoms with Gasteiger partial charge in [0, 0.05) is 46.6 Å². The van der Waals surface area contributed by atoms with Crippen molar-refractivity contribution in [3.63, 3.8) is 0 Å². The maximum atomic E-state index is 11.1. The number of para-hydroxylation sites is 4. The smallest absolute Gasteiger partial charge is 0.543 e. The van der Waals surface area contributed by atoms with Crippen LogP contribution in [0.2, 0.25) is 0 Å². The third kappa shape index (κ3) is 11.8. The molecule has 1 radical (unpaired) electrons. The molecule has 0 unspecified atom stereocenters. The number of nitrogens with one attached hydrogen (secondary N) is 2. The van der Waals surface area contributed by atoms with Crippen LogP contribution in [0.4, 0.5) is 0 Å². The molecular weight excluding hydrogens is 576 g/mol. The standard InChI is InChI=1S/2C9H6N2O3.2C2H6OS.Cu/c2*12-8-7(9(13)14)10-5-3-1-2-4-6(5)11-8;2*1-4(2)3;/h2*1-4H,(H,11,12)(H,13,14);2*1-2H3;/q;;;;+2/p-2. The third-order valence-electron chi connectivity index (χ3n) is 3.59. The zero-order chi connectivity index (χ0) is 27.4. The molecule has 37 heavy (non-hydrogen) atoms. The zero-order valence-electron chi connectivity index (χ0n) is 19.9. The van der Waals surface area contributed by atoms with Gasteiger partial charge in [0.15, 0.2) is 11.4 Å². The van der Waals surface area contributed by atoms with Crippen molar-refractivity contribution in [1.82, 2.24) is 19.9 Å². The molecule has 0 spiro atoms. The number of hydrogen-bond donors (Lipinski definition) is 2. The molecule has 4 aromatic rings. The van der Waals surface area contributed by atoms with Crippen molar-refractivity contribution in [3.8, 4) is 0 Å². The van der Waals surface area contributed by atoms with Gasteiger partial charge in [0.2, 0.25) is 0 Å². The number of H-pyrrole nitrogens is 2. The van der Waals surface area contributed by atoms with Crippen molar-refractivity contribution < 1.29 is 45.3 Å². The van der Waals surface area contributed by atoms with E-state index in [0.717, 1.165) is 0 Å². The predicted molar refractivity (Wildman–Crippen MR) is 133 cm³/mol. The monoisotopic (exact) mass is 597 g/mol. The molecule has 2 N–H and O–H groups in total. The molecule has 2 aromatic heterocycles. The number of aromatic amines is 2. The van der Waals surface area contributed by atoms with Crippen LogP contribution in [0.25, 0.3) is 22.1 Å². The summed E-state index contributed by atoms with van der Waals surface area (Å²) in [6.45, 7) is 0. The van der Waals surface area contributed by atoms with Gasteiger partial charge in [0.05, 0.1) is 34.0 Å². The summed E-state index contributed by atoms with van der Waals surface area (Å²) in [6, 6.07) is 13.3. The second-order valence-corrected chi connectivity index (χ2v) is 9.89. The SMILES string of the molecule is CS(C)=O.CS(C)=O.O=C([O-])c1nc2ccccc2[nH]c1=O.O=C([O-])c1nc2ccccc2[nH]c1=O.[Cu+2]. The Kier molecular flexibility index (Phi) is 14.7. The van der Waals surface area contributed by atoms with Crippen molar-refractivity contribution in [2.45, 2.75) is 0 Å². The van der Waals surface area contributed by atoms with Crippen LogP contribution in [0, 0.1) is 0 Å². The first kappa shape index (κ1) is 33.5. The van der Waals surface area contributed by atoms with E-state index >= 15 is 0 Å². The number of aromatic nitrogens is 4. The van der Waals surface area contributed by atoms with Crippen molar-refractivity contribution in [1.29, 1.82) is 0 Å². The maximum absolute atomic E-state index is 11.1. The van der Waals surface area contributed by atoms with E-state index in [0.29, 0.717) is 22.1 Å².